The fourth-order valence-electron chi connectivity index (χ4n) is 3.37. The maximum Gasteiger partial charge on any atom is 0.326 e. The third-order valence-electron chi connectivity index (χ3n) is 4.66. The van der Waals surface area contributed by atoms with E-state index in [-0.39, 0.29) is 30.6 Å². The van der Waals surface area contributed by atoms with Crippen LogP contribution in [0.25, 0.3) is 11.0 Å². The number of carbonyl (C=O) groups is 2. The van der Waals surface area contributed by atoms with Crippen molar-refractivity contribution in [3.05, 3.63) is 34.2 Å². The third-order valence-corrected chi connectivity index (χ3v) is 4.66. The minimum atomic E-state index is -0.942. The van der Waals surface area contributed by atoms with Gasteiger partial charge in [0, 0.05) is 25.2 Å². The number of carboxylic acids is 1. The van der Waals surface area contributed by atoms with Gasteiger partial charge in [-0.2, -0.15) is 0 Å². The summed E-state index contributed by atoms with van der Waals surface area (Å²) in [6.07, 6.45) is 4.18. The first-order valence-corrected chi connectivity index (χ1v) is 8.19. The van der Waals surface area contributed by atoms with Crippen molar-refractivity contribution < 1.29 is 14.7 Å². The molecule has 1 aliphatic rings. The van der Waals surface area contributed by atoms with Crippen molar-refractivity contribution in [1.82, 2.24) is 14.5 Å². The average Bonchev–Trinajstić information content (AvgIpc) is 3.17. The minimum Gasteiger partial charge on any atom is -0.481 e. The summed E-state index contributed by atoms with van der Waals surface area (Å²) in [5, 5.41) is 8.71. The Balaban J connectivity index is 1.88. The van der Waals surface area contributed by atoms with E-state index in [0.717, 1.165) is 31.2 Å². The van der Waals surface area contributed by atoms with Crippen LogP contribution in [0.3, 0.4) is 0 Å². The zero-order chi connectivity index (χ0) is 17.3. The van der Waals surface area contributed by atoms with Gasteiger partial charge < -0.3 is 15.0 Å². The van der Waals surface area contributed by atoms with Crippen LogP contribution in [0.2, 0.25) is 0 Å². The number of nitrogens with one attached hydrogen (secondary N) is 1. The van der Waals surface area contributed by atoms with Gasteiger partial charge >= 0.3 is 11.7 Å². The first-order chi connectivity index (χ1) is 11.5. The Morgan fingerprint density at radius 3 is 2.71 bits per heavy atom. The molecule has 0 saturated heterocycles. The number of hydrogen-bond donors (Lipinski definition) is 2. The van der Waals surface area contributed by atoms with E-state index in [1.807, 2.05) is 0 Å². The molecule has 7 nitrogen and oxygen atoms in total. The second kappa shape index (κ2) is 6.51. The number of aliphatic carboxylic acids is 1. The van der Waals surface area contributed by atoms with Crippen molar-refractivity contribution in [2.45, 2.75) is 38.1 Å². The molecule has 1 saturated carbocycles. The summed E-state index contributed by atoms with van der Waals surface area (Å²) in [6.45, 7) is 0.145. The van der Waals surface area contributed by atoms with Crippen LogP contribution in [0.1, 0.15) is 48.5 Å². The Labute approximate surface area is 138 Å². The molecule has 0 aliphatic heterocycles. The van der Waals surface area contributed by atoms with Crippen LogP contribution in [0, 0.1) is 0 Å². The van der Waals surface area contributed by atoms with Gasteiger partial charge in [0.05, 0.1) is 17.5 Å². The molecule has 0 atom stereocenters. The fraction of sp³-hybridized carbons (Fsp3) is 0.471. The highest BCUT2D eigenvalue weighted by molar-refractivity contribution is 5.97. The van der Waals surface area contributed by atoms with Gasteiger partial charge in [-0.15, -0.1) is 0 Å². The molecule has 1 aromatic carbocycles. The second-order valence-electron chi connectivity index (χ2n) is 6.34. The highest BCUT2D eigenvalue weighted by atomic mass is 16.4. The number of fused-ring (bicyclic) bond motifs is 1. The molecule has 2 aromatic rings. The minimum absolute atomic E-state index is 0.0978. The van der Waals surface area contributed by atoms with Crippen molar-refractivity contribution in [3.8, 4) is 0 Å². The second-order valence-corrected chi connectivity index (χ2v) is 6.34. The van der Waals surface area contributed by atoms with Gasteiger partial charge in [0.1, 0.15) is 0 Å². The van der Waals surface area contributed by atoms with Crippen LogP contribution in [-0.4, -0.2) is 45.0 Å². The molecule has 1 amide bonds. The molecular formula is C17H21N3O4. The number of imidazole rings is 1. The molecule has 1 heterocycles. The lowest BCUT2D eigenvalue weighted by Gasteiger charge is -2.16. The highest BCUT2D eigenvalue weighted by Gasteiger charge is 2.22. The number of aromatic amines is 1. The third kappa shape index (κ3) is 3.06. The zero-order valence-corrected chi connectivity index (χ0v) is 13.6. The maximum absolute atomic E-state index is 12.4. The summed E-state index contributed by atoms with van der Waals surface area (Å²) in [4.78, 5) is 39.5. The molecule has 7 heteroatoms. The lowest BCUT2D eigenvalue weighted by Crippen LogP contribution is -2.29. The molecule has 128 valence electrons. The van der Waals surface area contributed by atoms with Crippen LogP contribution in [-0.2, 0) is 4.79 Å². The number of amides is 1. The van der Waals surface area contributed by atoms with E-state index in [1.54, 1.807) is 29.8 Å². The standard InChI is InChI=1S/C17H21N3O4/c1-19(9-8-15(21)22)16(23)11-6-7-14-13(10-11)18-17(24)20(14)12-4-2-3-5-12/h6-7,10,12H,2-5,8-9H2,1H3,(H,18,24)(H,21,22). The molecule has 3 rings (SSSR count). The fourth-order valence-corrected chi connectivity index (χ4v) is 3.37. The lowest BCUT2D eigenvalue weighted by molar-refractivity contribution is -0.137. The van der Waals surface area contributed by atoms with Gasteiger partial charge in [-0.25, -0.2) is 4.79 Å². The first-order valence-electron chi connectivity index (χ1n) is 8.19. The van der Waals surface area contributed by atoms with E-state index in [2.05, 4.69) is 4.98 Å². The molecule has 1 fully saturated rings. The Bertz CT molecular complexity index is 830. The number of carboxylic acid groups (broad SMARTS) is 1. The molecule has 1 aromatic heterocycles. The molecule has 0 unspecified atom stereocenters. The summed E-state index contributed by atoms with van der Waals surface area (Å²) in [7, 11) is 1.57. The quantitative estimate of drug-likeness (QED) is 0.876. The molecule has 0 bridgehead atoms. The molecular weight excluding hydrogens is 310 g/mol. The van der Waals surface area contributed by atoms with Crippen LogP contribution < -0.4 is 5.69 Å². The van der Waals surface area contributed by atoms with Gasteiger partial charge in [0.2, 0.25) is 0 Å². The summed E-state index contributed by atoms with van der Waals surface area (Å²) in [6, 6.07) is 5.39. The van der Waals surface area contributed by atoms with E-state index >= 15 is 0 Å². The molecule has 2 N–H and O–H groups in total. The molecule has 24 heavy (non-hydrogen) atoms. The normalized spacial score (nSPS) is 15.0. The number of hydrogen-bond acceptors (Lipinski definition) is 3. The molecule has 0 radical (unpaired) electrons. The SMILES string of the molecule is CN(CCC(=O)O)C(=O)c1ccc2c(c1)[nH]c(=O)n2C1CCCC1. The number of benzene rings is 1. The summed E-state index contributed by atoms with van der Waals surface area (Å²) >= 11 is 0. The monoisotopic (exact) mass is 331 g/mol. The highest BCUT2D eigenvalue weighted by Crippen LogP contribution is 2.30. The largest absolute Gasteiger partial charge is 0.481 e. The van der Waals surface area contributed by atoms with Gasteiger partial charge in [0.15, 0.2) is 0 Å². The molecule has 1 aliphatic carbocycles. The number of H-pyrrole nitrogens is 1. The maximum atomic E-state index is 12.4. The van der Waals surface area contributed by atoms with E-state index in [9.17, 15) is 14.4 Å². The average molecular weight is 331 g/mol. The Morgan fingerprint density at radius 2 is 2.04 bits per heavy atom. The van der Waals surface area contributed by atoms with Crippen LogP contribution in [0.15, 0.2) is 23.0 Å². The summed E-state index contributed by atoms with van der Waals surface area (Å²) in [5.41, 5.74) is 1.76. The van der Waals surface area contributed by atoms with E-state index < -0.39 is 5.97 Å². The van der Waals surface area contributed by atoms with E-state index in [4.69, 9.17) is 5.11 Å². The first kappa shape index (κ1) is 16.3. The lowest BCUT2D eigenvalue weighted by atomic mass is 10.1. The Hall–Kier alpha value is -2.57. The van der Waals surface area contributed by atoms with Gasteiger partial charge in [-0.3, -0.25) is 14.2 Å². The van der Waals surface area contributed by atoms with Crippen LogP contribution >= 0.6 is 0 Å². The predicted molar refractivity (Wildman–Crippen MR) is 89.3 cm³/mol. The van der Waals surface area contributed by atoms with Crippen molar-refractivity contribution in [1.29, 1.82) is 0 Å². The Morgan fingerprint density at radius 1 is 1.33 bits per heavy atom. The topological polar surface area (TPSA) is 95.4 Å². The number of rotatable bonds is 5. The van der Waals surface area contributed by atoms with Crippen molar-refractivity contribution in [2.75, 3.05) is 13.6 Å². The van der Waals surface area contributed by atoms with Crippen LogP contribution in [0.5, 0.6) is 0 Å². The smallest absolute Gasteiger partial charge is 0.326 e. The van der Waals surface area contributed by atoms with Crippen molar-refractivity contribution in [3.63, 3.8) is 0 Å². The van der Waals surface area contributed by atoms with E-state index in [0.29, 0.717) is 11.1 Å². The van der Waals surface area contributed by atoms with Gasteiger partial charge in [-0.05, 0) is 31.0 Å². The van der Waals surface area contributed by atoms with Crippen molar-refractivity contribution >= 4 is 22.9 Å². The predicted octanol–water partition coefficient (Wildman–Crippen LogP) is 1.99. The zero-order valence-electron chi connectivity index (χ0n) is 13.6. The number of carbonyl (C=O) groups excluding carboxylic acids is 1. The number of aromatic nitrogens is 2. The van der Waals surface area contributed by atoms with Crippen LogP contribution in [0.4, 0.5) is 0 Å². The molecule has 0 spiro atoms. The van der Waals surface area contributed by atoms with Crippen molar-refractivity contribution in [2.24, 2.45) is 0 Å². The summed E-state index contributed by atoms with van der Waals surface area (Å²) in [5.74, 6) is -1.20. The summed E-state index contributed by atoms with van der Waals surface area (Å²) < 4.78 is 1.80. The van der Waals surface area contributed by atoms with Gasteiger partial charge in [-0.1, -0.05) is 12.8 Å². The van der Waals surface area contributed by atoms with Gasteiger partial charge in [0.25, 0.3) is 5.91 Å². The van der Waals surface area contributed by atoms with E-state index in [1.165, 1.54) is 4.90 Å². The number of nitrogens with zero attached hydrogens (tertiary/aromatic N) is 2. The Kier molecular flexibility index (Phi) is 4.42.